The smallest absolute Gasteiger partial charge is 0.326 e. The molecule has 0 spiro atoms. The number of carboxylic acids is 1. The normalized spacial score (nSPS) is 13.7. The van der Waals surface area contributed by atoms with Gasteiger partial charge < -0.3 is 16.2 Å². The fourth-order valence-electron chi connectivity index (χ4n) is 2.11. The molecule has 2 atom stereocenters. The summed E-state index contributed by atoms with van der Waals surface area (Å²) in [5.41, 5.74) is 6.81. The number of amides is 1. The first-order valence-corrected chi connectivity index (χ1v) is 7.22. The van der Waals surface area contributed by atoms with Crippen LogP contribution in [0.2, 0.25) is 0 Å². The topological polar surface area (TPSA) is 92.4 Å². The Bertz CT molecular complexity index is 460. The SMILES string of the molecule is CC(C)C[C@@H](N)C(=O)NC(CCc1ccccc1)C(=O)O. The maximum atomic E-state index is 11.9. The van der Waals surface area contributed by atoms with Crippen LogP contribution in [0.5, 0.6) is 0 Å². The van der Waals surface area contributed by atoms with Crippen molar-refractivity contribution in [2.75, 3.05) is 0 Å². The Morgan fingerprint density at radius 1 is 1.24 bits per heavy atom. The van der Waals surface area contributed by atoms with Crippen molar-refractivity contribution in [2.45, 2.75) is 45.2 Å². The highest BCUT2D eigenvalue weighted by atomic mass is 16.4. The first kappa shape index (κ1) is 17.2. The number of carbonyl (C=O) groups is 2. The first-order valence-electron chi connectivity index (χ1n) is 7.22. The zero-order valence-electron chi connectivity index (χ0n) is 12.6. The second-order valence-electron chi connectivity index (χ2n) is 5.66. The number of aryl methyl sites for hydroxylation is 1. The van der Waals surface area contributed by atoms with Crippen LogP contribution in [-0.2, 0) is 16.0 Å². The second kappa shape index (κ2) is 8.42. The van der Waals surface area contributed by atoms with Gasteiger partial charge in [-0.3, -0.25) is 4.79 Å². The minimum atomic E-state index is -1.03. The van der Waals surface area contributed by atoms with E-state index in [4.69, 9.17) is 5.73 Å². The van der Waals surface area contributed by atoms with Crippen molar-refractivity contribution in [2.24, 2.45) is 11.7 Å². The summed E-state index contributed by atoms with van der Waals surface area (Å²) >= 11 is 0. The molecule has 21 heavy (non-hydrogen) atoms. The Balaban J connectivity index is 2.54. The molecule has 0 saturated heterocycles. The van der Waals surface area contributed by atoms with E-state index in [0.29, 0.717) is 25.2 Å². The maximum Gasteiger partial charge on any atom is 0.326 e. The zero-order valence-corrected chi connectivity index (χ0v) is 12.6. The highest BCUT2D eigenvalue weighted by molar-refractivity contribution is 5.86. The largest absolute Gasteiger partial charge is 0.480 e. The lowest BCUT2D eigenvalue weighted by atomic mass is 10.0. The minimum Gasteiger partial charge on any atom is -0.480 e. The molecular formula is C16H24N2O3. The number of rotatable bonds is 8. The highest BCUT2D eigenvalue weighted by Gasteiger charge is 2.23. The van der Waals surface area contributed by atoms with Crippen molar-refractivity contribution >= 4 is 11.9 Å². The molecule has 0 aliphatic heterocycles. The van der Waals surface area contributed by atoms with Crippen LogP contribution in [0.25, 0.3) is 0 Å². The number of nitrogens with two attached hydrogens (primary N) is 1. The van der Waals surface area contributed by atoms with Crippen LogP contribution in [0, 0.1) is 5.92 Å². The number of hydrogen-bond donors (Lipinski definition) is 3. The van der Waals surface area contributed by atoms with Crippen molar-refractivity contribution in [1.82, 2.24) is 5.32 Å². The lowest BCUT2D eigenvalue weighted by Crippen LogP contribution is -2.49. The van der Waals surface area contributed by atoms with Gasteiger partial charge in [0.2, 0.25) is 5.91 Å². The molecule has 1 amide bonds. The van der Waals surface area contributed by atoms with E-state index in [1.807, 2.05) is 44.2 Å². The van der Waals surface area contributed by atoms with E-state index in [1.54, 1.807) is 0 Å². The van der Waals surface area contributed by atoms with E-state index in [9.17, 15) is 14.7 Å². The Morgan fingerprint density at radius 3 is 2.38 bits per heavy atom. The average Bonchev–Trinajstić information content (AvgIpc) is 2.43. The molecule has 4 N–H and O–H groups in total. The molecule has 5 heteroatoms. The first-order chi connectivity index (χ1) is 9.90. The van der Waals surface area contributed by atoms with Crippen molar-refractivity contribution in [1.29, 1.82) is 0 Å². The Morgan fingerprint density at radius 2 is 1.86 bits per heavy atom. The summed E-state index contributed by atoms with van der Waals surface area (Å²) in [6.45, 7) is 3.94. The van der Waals surface area contributed by atoms with Gasteiger partial charge in [0.1, 0.15) is 6.04 Å². The van der Waals surface area contributed by atoms with E-state index in [-0.39, 0.29) is 0 Å². The lowest BCUT2D eigenvalue weighted by Gasteiger charge is -2.19. The number of aliphatic carboxylic acids is 1. The number of carboxylic acid groups (broad SMARTS) is 1. The Hall–Kier alpha value is -1.88. The quantitative estimate of drug-likeness (QED) is 0.678. The van der Waals surface area contributed by atoms with Crippen molar-refractivity contribution < 1.29 is 14.7 Å². The Kier molecular flexibility index (Phi) is 6.88. The second-order valence-corrected chi connectivity index (χ2v) is 5.66. The van der Waals surface area contributed by atoms with E-state index < -0.39 is 24.0 Å². The third-order valence-corrected chi connectivity index (χ3v) is 3.24. The molecular weight excluding hydrogens is 268 g/mol. The lowest BCUT2D eigenvalue weighted by molar-refractivity contribution is -0.142. The van der Waals surface area contributed by atoms with Gasteiger partial charge in [0.15, 0.2) is 0 Å². The van der Waals surface area contributed by atoms with Gasteiger partial charge in [-0.25, -0.2) is 4.79 Å². The number of hydrogen-bond acceptors (Lipinski definition) is 3. The summed E-state index contributed by atoms with van der Waals surface area (Å²) in [7, 11) is 0. The molecule has 1 aromatic rings. The van der Waals surface area contributed by atoms with Crippen LogP contribution >= 0.6 is 0 Å². The summed E-state index contributed by atoms with van der Waals surface area (Å²) in [6.07, 6.45) is 1.48. The summed E-state index contributed by atoms with van der Waals surface area (Å²) < 4.78 is 0. The number of benzene rings is 1. The number of nitrogens with one attached hydrogen (secondary N) is 1. The van der Waals surface area contributed by atoms with E-state index >= 15 is 0 Å². The van der Waals surface area contributed by atoms with Gasteiger partial charge in [0.25, 0.3) is 0 Å². The van der Waals surface area contributed by atoms with Crippen molar-refractivity contribution in [3.63, 3.8) is 0 Å². The fraction of sp³-hybridized carbons (Fsp3) is 0.500. The molecule has 116 valence electrons. The molecule has 1 aromatic carbocycles. The Labute approximate surface area is 125 Å². The van der Waals surface area contributed by atoms with Gasteiger partial charge in [0, 0.05) is 0 Å². The molecule has 0 heterocycles. The predicted octanol–water partition coefficient (Wildman–Crippen LogP) is 1.56. The van der Waals surface area contributed by atoms with E-state index in [1.165, 1.54) is 0 Å². The van der Waals surface area contributed by atoms with Gasteiger partial charge in [-0.15, -0.1) is 0 Å². The van der Waals surface area contributed by atoms with Crippen LogP contribution in [0.1, 0.15) is 32.3 Å². The monoisotopic (exact) mass is 292 g/mol. The third-order valence-electron chi connectivity index (χ3n) is 3.24. The van der Waals surface area contributed by atoms with Gasteiger partial charge in [-0.1, -0.05) is 44.2 Å². The minimum absolute atomic E-state index is 0.290. The molecule has 0 saturated carbocycles. The third kappa shape index (κ3) is 6.40. The van der Waals surface area contributed by atoms with Crippen LogP contribution in [0.15, 0.2) is 30.3 Å². The van der Waals surface area contributed by atoms with Crippen LogP contribution in [0.4, 0.5) is 0 Å². The molecule has 0 aromatic heterocycles. The van der Waals surface area contributed by atoms with E-state index in [0.717, 1.165) is 5.56 Å². The fourth-order valence-corrected chi connectivity index (χ4v) is 2.11. The standard InChI is InChI=1S/C16H24N2O3/c1-11(2)10-13(17)15(19)18-14(16(20)21)9-8-12-6-4-3-5-7-12/h3-7,11,13-14H,8-10,17H2,1-2H3,(H,18,19)(H,20,21)/t13-,14?/m1/s1. The van der Waals surface area contributed by atoms with Crippen LogP contribution in [-0.4, -0.2) is 29.1 Å². The molecule has 0 aliphatic carbocycles. The molecule has 1 unspecified atom stereocenters. The van der Waals surface area contributed by atoms with Crippen molar-refractivity contribution in [3.05, 3.63) is 35.9 Å². The summed E-state index contributed by atoms with van der Waals surface area (Å²) in [4.78, 5) is 23.2. The summed E-state index contributed by atoms with van der Waals surface area (Å²) in [6, 6.07) is 8.02. The van der Waals surface area contributed by atoms with E-state index in [2.05, 4.69) is 5.32 Å². The molecule has 0 bridgehead atoms. The molecule has 0 aliphatic rings. The summed E-state index contributed by atoms with van der Waals surface area (Å²) in [5, 5.41) is 11.7. The molecule has 0 radical (unpaired) electrons. The van der Waals surface area contributed by atoms with Gasteiger partial charge >= 0.3 is 5.97 Å². The van der Waals surface area contributed by atoms with Crippen molar-refractivity contribution in [3.8, 4) is 0 Å². The zero-order chi connectivity index (χ0) is 15.8. The molecule has 1 rings (SSSR count). The molecule has 5 nitrogen and oxygen atoms in total. The van der Waals surface area contributed by atoms with Gasteiger partial charge in [-0.2, -0.15) is 0 Å². The maximum absolute atomic E-state index is 11.9. The number of carbonyl (C=O) groups excluding carboxylic acids is 1. The highest BCUT2D eigenvalue weighted by Crippen LogP contribution is 2.07. The molecule has 0 fully saturated rings. The average molecular weight is 292 g/mol. The summed E-state index contributed by atoms with van der Waals surface area (Å²) in [5.74, 6) is -1.14. The van der Waals surface area contributed by atoms with Gasteiger partial charge in [-0.05, 0) is 30.7 Å². The van der Waals surface area contributed by atoms with Crippen LogP contribution < -0.4 is 11.1 Å². The van der Waals surface area contributed by atoms with Gasteiger partial charge in [0.05, 0.1) is 6.04 Å². The predicted molar refractivity (Wildman–Crippen MR) is 81.8 cm³/mol. The van der Waals surface area contributed by atoms with Crippen LogP contribution in [0.3, 0.4) is 0 Å².